The van der Waals surface area contributed by atoms with Crippen molar-refractivity contribution in [1.82, 2.24) is 9.38 Å². The monoisotopic (exact) mass is 281 g/mol. The molecular weight excluding hydrogens is 266 g/mol. The summed E-state index contributed by atoms with van der Waals surface area (Å²) in [5.41, 5.74) is 10.4. The molecule has 0 aliphatic rings. The molecule has 2 heterocycles. The summed E-state index contributed by atoms with van der Waals surface area (Å²) in [6.45, 7) is 3.82. The van der Waals surface area contributed by atoms with E-state index in [0.29, 0.717) is 22.6 Å². The van der Waals surface area contributed by atoms with E-state index in [1.54, 1.807) is 16.7 Å². The zero-order valence-corrected chi connectivity index (χ0v) is 11.8. The highest BCUT2D eigenvalue weighted by molar-refractivity contribution is 5.95. The zero-order valence-electron chi connectivity index (χ0n) is 11.8. The van der Waals surface area contributed by atoms with Crippen molar-refractivity contribution in [2.24, 2.45) is 0 Å². The summed E-state index contributed by atoms with van der Waals surface area (Å²) in [6, 6.07) is 9.18. The van der Waals surface area contributed by atoms with Gasteiger partial charge in [-0.1, -0.05) is 18.2 Å². The Labute approximate surface area is 121 Å². The van der Waals surface area contributed by atoms with Crippen molar-refractivity contribution in [2.75, 3.05) is 5.73 Å². The molecule has 0 unspecified atom stereocenters. The lowest BCUT2D eigenvalue weighted by Gasteiger charge is -2.04. The second-order valence-electron chi connectivity index (χ2n) is 5.12. The van der Waals surface area contributed by atoms with Gasteiger partial charge in [0, 0.05) is 17.4 Å². The van der Waals surface area contributed by atoms with Gasteiger partial charge in [0.2, 0.25) is 0 Å². The molecular formula is C16H15N3O2. The Morgan fingerprint density at radius 2 is 2.00 bits per heavy atom. The molecule has 0 radical (unpaired) electrons. The molecule has 0 saturated carbocycles. The Hall–Kier alpha value is -2.82. The van der Waals surface area contributed by atoms with Crippen molar-refractivity contribution in [3.05, 3.63) is 53.3 Å². The third-order valence-corrected chi connectivity index (χ3v) is 3.52. The first-order valence-electron chi connectivity index (χ1n) is 6.56. The van der Waals surface area contributed by atoms with Crippen LogP contribution in [0.5, 0.6) is 0 Å². The van der Waals surface area contributed by atoms with Crippen LogP contribution in [0.15, 0.2) is 36.5 Å². The molecule has 2 aromatic heterocycles. The number of fused-ring (bicyclic) bond motifs is 1. The number of rotatable bonds is 2. The molecule has 0 spiro atoms. The van der Waals surface area contributed by atoms with E-state index in [2.05, 4.69) is 4.98 Å². The fraction of sp³-hybridized carbons (Fsp3) is 0.125. The molecule has 5 heteroatoms. The summed E-state index contributed by atoms with van der Waals surface area (Å²) in [4.78, 5) is 16.1. The SMILES string of the molecule is Cc1ccc2nc(-c3ccc(C)c(N)c3)c(C(=O)O)n2c1. The predicted octanol–water partition coefficient (Wildman–Crippen LogP) is 2.90. The normalized spacial score (nSPS) is 11.0. The summed E-state index contributed by atoms with van der Waals surface area (Å²) >= 11 is 0. The first-order chi connectivity index (χ1) is 9.97. The number of aromatic nitrogens is 2. The maximum atomic E-state index is 11.6. The van der Waals surface area contributed by atoms with Gasteiger partial charge >= 0.3 is 5.97 Å². The van der Waals surface area contributed by atoms with Gasteiger partial charge in [-0.2, -0.15) is 0 Å². The molecule has 0 saturated heterocycles. The number of nitrogens with two attached hydrogens (primary N) is 1. The van der Waals surface area contributed by atoms with Gasteiger partial charge in [-0.3, -0.25) is 4.40 Å². The number of anilines is 1. The number of pyridine rings is 1. The molecule has 0 amide bonds. The number of hydrogen-bond donors (Lipinski definition) is 2. The maximum Gasteiger partial charge on any atom is 0.355 e. The Balaban J connectivity index is 2.33. The van der Waals surface area contributed by atoms with Crippen LogP contribution < -0.4 is 5.73 Å². The van der Waals surface area contributed by atoms with Crippen molar-refractivity contribution in [3.8, 4) is 11.3 Å². The van der Waals surface area contributed by atoms with Gasteiger partial charge < -0.3 is 10.8 Å². The first-order valence-corrected chi connectivity index (χ1v) is 6.56. The van der Waals surface area contributed by atoms with Crippen molar-refractivity contribution in [1.29, 1.82) is 0 Å². The second kappa shape index (κ2) is 4.63. The average Bonchev–Trinajstić information content (AvgIpc) is 2.80. The average molecular weight is 281 g/mol. The number of aryl methyl sites for hydroxylation is 2. The van der Waals surface area contributed by atoms with E-state index in [1.165, 1.54) is 0 Å². The van der Waals surface area contributed by atoms with Gasteiger partial charge in [-0.15, -0.1) is 0 Å². The Kier molecular flexibility index (Phi) is 2.90. The predicted molar refractivity (Wildman–Crippen MR) is 81.5 cm³/mol. The first kappa shape index (κ1) is 13.2. The standard InChI is InChI=1S/C16H15N3O2/c1-9-3-6-13-18-14(15(16(20)21)19(13)8-9)11-5-4-10(2)12(17)7-11/h3-8H,17H2,1-2H3,(H,20,21). The van der Waals surface area contributed by atoms with Crippen LogP contribution in [0.4, 0.5) is 5.69 Å². The van der Waals surface area contributed by atoms with Crippen LogP contribution in [-0.4, -0.2) is 20.5 Å². The van der Waals surface area contributed by atoms with Gasteiger partial charge in [-0.25, -0.2) is 9.78 Å². The van der Waals surface area contributed by atoms with E-state index in [0.717, 1.165) is 11.1 Å². The second-order valence-corrected chi connectivity index (χ2v) is 5.12. The van der Waals surface area contributed by atoms with Crippen LogP contribution in [0, 0.1) is 13.8 Å². The Morgan fingerprint density at radius 3 is 2.67 bits per heavy atom. The van der Waals surface area contributed by atoms with E-state index in [-0.39, 0.29) is 5.69 Å². The molecule has 0 fully saturated rings. The number of aromatic carboxylic acids is 1. The Bertz CT molecular complexity index is 865. The molecule has 5 nitrogen and oxygen atoms in total. The molecule has 0 aliphatic heterocycles. The summed E-state index contributed by atoms with van der Waals surface area (Å²) < 4.78 is 1.60. The lowest BCUT2D eigenvalue weighted by atomic mass is 10.1. The summed E-state index contributed by atoms with van der Waals surface area (Å²) in [5.74, 6) is -1.01. The lowest BCUT2D eigenvalue weighted by Crippen LogP contribution is -2.04. The number of hydrogen-bond acceptors (Lipinski definition) is 3. The van der Waals surface area contributed by atoms with E-state index in [4.69, 9.17) is 5.73 Å². The topological polar surface area (TPSA) is 80.6 Å². The highest BCUT2D eigenvalue weighted by Crippen LogP contribution is 2.27. The van der Waals surface area contributed by atoms with Crippen LogP contribution in [0.3, 0.4) is 0 Å². The summed E-state index contributed by atoms with van der Waals surface area (Å²) in [7, 11) is 0. The highest BCUT2D eigenvalue weighted by Gasteiger charge is 2.20. The molecule has 0 atom stereocenters. The van der Waals surface area contributed by atoms with Crippen molar-refractivity contribution >= 4 is 17.3 Å². The Morgan fingerprint density at radius 1 is 1.24 bits per heavy atom. The third kappa shape index (κ3) is 2.12. The maximum absolute atomic E-state index is 11.6. The summed E-state index contributed by atoms with van der Waals surface area (Å²) in [5, 5.41) is 9.54. The van der Waals surface area contributed by atoms with Gasteiger partial charge in [0.1, 0.15) is 11.3 Å². The number of benzene rings is 1. The minimum Gasteiger partial charge on any atom is -0.476 e. The number of nitrogens with zero attached hydrogens (tertiary/aromatic N) is 2. The summed E-state index contributed by atoms with van der Waals surface area (Å²) in [6.07, 6.45) is 1.77. The van der Waals surface area contributed by atoms with Crippen LogP contribution in [0.2, 0.25) is 0 Å². The smallest absolute Gasteiger partial charge is 0.355 e. The molecule has 0 bridgehead atoms. The van der Waals surface area contributed by atoms with E-state index in [1.807, 2.05) is 38.1 Å². The van der Waals surface area contributed by atoms with Crippen LogP contribution in [0.1, 0.15) is 21.6 Å². The van der Waals surface area contributed by atoms with Gasteiger partial charge in [0.25, 0.3) is 0 Å². The van der Waals surface area contributed by atoms with E-state index < -0.39 is 5.97 Å². The third-order valence-electron chi connectivity index (χ3n) is 3.52. The van der Waals surface area contributed by atoms with Gasteiger partial charge in [0.05, 0.1) is 0 Å². The van der Waals surface area contributed by atoms with Crippen LogP contribution in [0.25, 0.3) is 16.9 Å². The fourth-order valence-electron chi connectivity index (χ4n) is 2.34. The zero-order chi connectivity index (χ0) is 15.1. The molecule has 21 heavy (non-hydrogen) atoms. The lowest BCUT2D eigenvalue weighted by molar-refractivity contribution is 0.0690. The quantitative estimate of drug-likeness (QED) is 0.708. The molecule has 3 aromatic rings. The van der Waals surface area contributed by atoms with Crippen LogP contribution in [-0.2, 0) is 0 Å². The minimum atomic E-state index is -1.01. The van der Waals surface area contributed by atoms with Crippen molar-refractivity contribution in [2.45, 2.75) is 13.8 Å². The number of carbonyl (C=O) groups is 1. The van der Waals surface area contributed by atoms with Crippen molar-refractivity contribution in [3.63, 3.8) is 0 Å². The molecule has 3 N–H and O–H groups in total. The fourth-order valence-corrected chi connectivity index (χ4v) is 2.34. The molecule has 0 aliphatic carbocycles. The number of imidazole rings is 1. The molecule has 106 valence electrons. The highest BCUT2D eigenvalue weighted by atomic mass is 16.4. The molecule has 1 aromatic carbocycles. The largest absolute Gasteiger partial charge is 0.476 e. The number of nitrogen functional groups attached to an aromatic ring is 1. The van der Waals surface area contributed by atoms with E-state index >= 15 is 0 Å². The number of carboxylic acids is 1. The minimum absolute atomic E-state index is 0.150. The molecule has 3 rings (SSSR count). The van der Waals surface area contributed by atoms with E-state index in [9.17, 15) is 9.90 Å². The van der Waals surface area contributed by atoms with Gasteiger partial charge in [-0.05, 0) is 37.1 Å². The van der Waals surface area contributed by atoms with Crippen LogP contribution >= 0.6 is 0 Å². The number of carboxylic acid groups (broad SMARTS) is 1. The van der Waals surface area contributed by atoms with Gasteiger partial charge in [0.15, 0.2) is 5.69 Å². The van der Waals surface area contributed by atoms with Crippen molar-refractivity contribution < 1.29 is 9.90 Å².